The molecule has 1 aromatic rings. The van der Waals surface area contributed by atoms with E-state index in [1.54, 1.807) is 31.2 Å². The Morgan fingerprint density at radius 3 is 2.60 bits per heavy atom. The van der Waals surface area contributed by atoms with Gasteiger partial charge in [0.05, 0.1) is 5.69 Å². The van der Waals surface area contributed by atoms with Crippen molar-refractivity contribution < 1.29 is 14.3 Å². The van der Waals surface area contributed by atoms with Gasteiger partial charge < -0.3 is 10.1 Å². The molecule has 0 aliphatic rings. The maximum absolute atomic E-state index is 11.1. The topological polar surface area (TPSA) is 55.4 Å². The average molecular weight is 207 g/mol. The molecule has 0 saturated heterocycles. The fourth-order valence-corrected chi connectivity index (χ4v) is 1.04. The highest BCUT2D eigenvalue weighted by atomic mass is 16.5. The Kier molecular flexibility index (Phi) is 3.85. The summed E-state index contributed by atoms with van der Waals surface area (Å²) >= 11 is 0. The number of rotatable bonds is 3. The molecule has 1 rings (SSSR count). The van der Waals surface area contributed by atoms with Gasteiger partial charge in [0, 0.05) is 13.3 Å². The fourth-order valence-electron chi connectivity index (χ4n) is 1.04. The van der Waals surface area contributed by atoms with Crippen molar-refractivity contribution in [2.24, 2.45) is 0 Å². The molecule has 0 aliphatic carbocycles. The summed E-state index contributed by atoms with van der Waals surface area (Å²) in [4.78, 5) is 22.0. The van der Waals surface area contributed by atoms with Gasteiger partial charge in [-0.3, -0.25) is 9.59 Å². The maximum atomic E-state index is 11.1. The van der Waals surface area contributed by atoms with Crippen molar-refractivity contribution >= 4 is 17.6 Å². The molecule has 0 bridgehead atoms. The van der Waals surface area contributed by atoms with E-state index in [1.165, 1.54) is 6.92 Å². The fraction of sp³-hybridized carbons (Fsp3) is 0.273. The van der Waals surface area contributed by atoms with Crippen LogP contribution in [0.15, 0.2) is 24.3 Å². The van der Waals surface area contributed by atoms with Crippen LogP contribution in [0.4, 0.5) is 5.69 Å². The van der Waals surface area contributed by atoms with E-state index >= 15 is 0 Å². The number of hydrogen-bond donors (Lipinski definition) is 1. The first-order chi connectivity index (χ1) is 7.13. The molecular formula is C11H13NO3. The van der Waals surface area contributed by atoms with Crippen LogP contribution in [0, 0.1) is 0 Å². The van der Waals surface area contributed by atoms with E-state index in [4.69, 9.17) is 4.74 Å². The van der Waals surface area contributed by atoms with Gasteiger partial charge in [-0.25, -0.2) is 0 Å². The van der Waals surface area contributed by atoms with Gasteiger partial charge in [-0.2, -0.15) is 0 Å². The van der Waals surface area contributed by atoms with Crippen molar-refractivity contribution in [3.63, 3.8) is 0 Å². The second-order valence-corrected chi connectivity index (χ2v) is 3.00. The van der Waals surface area contributed by atoms with E-state index in [2.05, 4.69) is 5.32 Å². The van der Waals surface area contributed by atoms with Crippen LogP contribution in [0.3, 0.4) is 0 Å². The molecule has 4 heteroatoms. The van der Waals surface area contributed by atoms with Crippen LogP contribution in [-0.4, -0.2) is 11.9 Å². The van der Waals surface area contributed by atoms with Crippen LogP contribution in [0.5, 0.6) is 5.75 Å². The van der Waals surface area contributed by atoms with Crippen LogP contribution in [0.25, 0.3) is 0 Å². The number of hydrogen-bond acceptors (Lipinski definition) is 3. The summed E-state index contributed by atoms with van der Waals surface area (Å²) in [6, 6.07) is 6.82. The molecule has 1 amide bonds. The van der Waals surface area contributed by atoms with Crippen molar-refractivity contribution in [2.45, 2.75) is 20.3 Å². The number of benzene rings is 1. The third-order valence-electron chi connectivity index (χ3n) is 1.71. The molecular weight excluding hydrogens is 194 g/mol. The Bertz CT molecular complexity index is 374. The molecule has 0 unspecified atom stereocenters. The third kappa shape index (κ3) is 3.42. The number of para-hydroxylation sites is 2. The molecule has 0 aromatic heterocycles. The smallest absolute Gasteiger partial charge is 0.310 e. The van der Waals surface area contributed by atoms with Gasteiger partial charge in [0.1, 0.15) is 0 Å². The summed E-state index contributed by atoms with van der Waals surface area (Å²) in [6.07, 6.45) is 0.300. The first-order valence-corrected chi connectivity index (χ1v) is 4.70. The Hall–Kier alpha value is -1.84. The summed E-state index contributed by atoms with van der Waals surface area (Å²) in [6.45, 7) is 3.11. The number of carbonyl (C=O) groups is 2. The molecule has 1 aromatic carbocycles. The maximum Gasteiger partial charge on any atom is 0.310 e. The average Bonchev–Trinajstić information content (AvgIpc) is 2.20. The lowest BCUT2D eigenvalue weighted by atomic mass is 10.3. The minimum absolute atomic E-state index is 0.199. The van der Waals surface area contributed by atoms with E-state index in [1.807, 2.05) is 0 Å². The number of amides is 1. The number of anilines is 1. The van der Waals surface area contributed by atoms with Gasteiger partial charge in [-0.15, -0.1) is 0 Å². The molecule has 0 atom stereocenters. The van der Waals surface area contributed by atoms with Gasteiger partial charge in [-0.1, -0.05) is 19.1 Å². The molecule has 80 valence electrons. The standard InChI is InChI=1S/C11H13NO3/c1-3-11(14)15-10-7-5-4-6-9(10)12-8(2)13/h4-7H,3H2,1-2H3,(H,12,13). The highest BCUT2D eigenvalue weighted by Crippen LogP contribution is 2.23. The Morgan fingerprint density at radius 1 is 1.33 bits per heavy atom. The van der Waals surface area contributed by atoms with Gasteiger partial charge >= 0.3 is 5.97 Å². The largest absolute Gasteiger partial charge is 0.424 e. The first-order valence-electron chi connectivity index (χ1n) is 4.70. The normalized spacial score (nSPS) is 9.47. The van der Waals surface area contributed by atoms with Crippen molar-refractivity contribution in [1.82, 2.24) is 0 Å². The summed E-state index contributed by atoms with van der Waals surface area (Å²) in [5, 5.41) is 2.59. The van der Waals surface area contributed by atoms with E-state index < -0.39 is 0 Å². The molecule has 0 heterocycles. The molecule has 0 radical (unpaired) electrons. The minimum Gasteiger partial charge on any atom is -0.424 e. The van der Waals surface area contributed by atoms with Gasteiger partial charge in [0.15, 0.2) is 5.75 Å². The lowest BCUT2D eigenvalue weighted by Crippen LogP contribution is -2.11. The summed E-state index contributed by atoms with van der Waals surface area (Å²) in [5.41, 5.74) is 0.506. The van der Waals surface area contributed by atoms with E-state index in [-0.39, 0.29) is 11.9 Å². The zero-order valence-electron chi connectivity index (χ0n) is 8.74. The van der Waals surface area contributed by atoms with Gasteiger partial charge in [0.2, 0.25) is 5.91 Å². The van der Waals surface area contributed by atoms with Crippen molar-refractivity contribution in [3.8, 4) is 5.75 Å². The van der Waals surface area contributed by atoms with Gasteiger partial charge in [-0.05, 0) is 12.1 Å². The van der Waals surface area contributed by atoms with Crippen LogP contribution in [0.2, 0.25) is 0 Å². The zero-order valence-corrected chi connectivity index (χ0v) is 8.74. The monoisotopic (exact) mass is 207 g/mol. The number of esters is 1. The molecule has 0 fully saturated rings. The molecule has 1 N–H and O–H groups in total. The Balaban J connectivity index is 2.85. The third-order valence-corrected chi connectivity index (χ3v) is 1.71. The van der Waals surface area contributed by atoms with Gasteiger partial charge in [0.25, 0.3) is 0 Å². The summed E-state index contributed by atoms with van der Waals surface area (Å²) in [7, 11) is 0. The lowest BCUT2D eigenvalue weighted by molar-refractivity contribution is -0.134. The molecule has 0 aliphatic heterocycles. The quantitative estimate of drug-likeness (QED) is 0.609. The van der Waals surface area contributed by atoms with Crippen molar-refractivity contribution in [1.29, 1.82) is 0 Å². The highest BCUT2D eigenvalue weighted by molar-refractivity contribution is 5.91. The first kappa shape index (κ1) is 11.2. The van der Waals surface area contributed by atoms with Crippen LogP contribution in [0.1, 0.15) is 20.3 Å². The van der Waals surface area contributed by atoms with E-state index in [0.717, 1.165) is 0 Å². The molecule has 0 saturated carbocycles. The molecule has 15 heavy (non-hydrogen) atoms. The van der Waals surface area contributed by atoms with E-state index in [0.29, 0.717) is 17.9 Å². The van der Waals surface area contributed by atoms with Crippen molar-refractivity contribution in [3.05, 3.63) is 24.3 Å². The zero-order chi connectivity index (χ0) is 11.3. The minimum atomic E-state index is -0.326. The predicted octanol–water partition coefficient (Wildman–Crippen LogP) is 1.96. The number of carbonyl (C=O) groups excluding carboxylic acids is 2. The predicted molar refractivity (Wildman–Crippen MR) is 56.7 cm³/mol. The number of nitrogens with one attached hydrogen (secondary N) is 1. The van der Waals surface area contributed by atoms with Crippen molar-refractivity contribution in [2.75, 3.05) is 5.32 Å². The summed E-state index contributed by atoms with van der Waals surface area (Å²) < 4.78 is 5.04. The van der Waals surface area contributed by atoms with Crippen LogP contribution >= 0.6 is 0 Å². The van der Waals surface area contributed by atoms with Crippen LogP contribution in [-0.2, 0) is 9.59 Å². The molecule has 4 nitrogen and oxygen atoms in total. The Labute approximate surface area is 88.2 Å². The van der Waals surface area contributed by atoms with Crippen LogP contribution < -0.4 is 10.1 Å². The summed E-state index contributed by atoms with van der Waals surface area (Å²) in [5.74, 6) is -0.151. The van der Waals surface area contributed by atoms with E-state index in [9.17, 15) is 9.59 Å². The molecule has 0 spiro atoms. The lowest BCUT2D eigenvalue weighted by Gasteiger charge is -2.08. The second kappa shape index (κ2) is 5.14. The second-order valence-electron chi connectivity index (χ2n) is 3.00. The highest BCUT2D eigenvalue weighted by Gasteiger charge is 2.07. The number of ether oxygens (including phenoxy) is 1. The Morgan fingerprint density at radius 2 is 2.00 bits per heavy atom. The SMILES string of the molecule is CCC(=O)Oc1ccccc1NC(C)=O.